The van der Waals surface area contributed by atoms with Crippen LogP contribution in [0.15, 0.2) is 0 Å². The molecule has 1 saturated heterocycles. The summed E-state index contributed by atoms with van der Waals surface area (Å²) in [5.74, 6) is 0.394. The van der Waals surface area contributed by atoms with Crippen molar-refractivity contribution in [2.45, 2.75) is 32.2 Å². The lowest BCUT2D eigenvalue weighted by molar-refractivity contribution is 0.0468. The quantitative estimate of drug-likeness (QED) is 0.713. The van der Waals surface area contributed by atoms with Gasteiger partial charge in [0.15, 0.2) is 0 Å². The van der Waals surface area contributed by atoms with Crippen molar-refractivity contribution in [3.63, 3.8) is 0 Å². The predicted octanol–water partition coefficient (Wildman–Crippen LogP) is 1.30. The van der Waals surface area contributed by atoms with Crippen molar-refractivity contribution >= 4 is 0 Å². The van der Waals surface area contributed by atoms with Crippen LogP contribution in [0.2, 0.25) is 0 Å². The van der Waals surface area contributed by atoms with Gasteiger partial charge in [-0.05, 0) is 25.8 Å². The van der Waals surface area contributed by atoms with Crippen LogP contribution in [-0.4, -0.2) is 25.8 Å². The first-order valence-electron chi connectivity index (χ1n) is 5.09. The molecule has 1 aliphatic rings. The molecule has 3 heteroatoms. The van der Waals surface area contributed by atoms with E-state index in [1.165, 1.54) is 0 Å². The fourth-order valence-electron chi connectivity index (χ4n) is 1.65. The molecule has 74 valence electrons. The van der Waals surface area contributed by atoms with E-state index in [2.05, 4.69) is 18.3 Å². The first-order chi connectivity index (χ1) is 6.38. The van der Waals surface area contributed by atoms with Crippen LogP contribution in [0.5, 0.6) is 0 Å². The maximum Gasteiger partial charge on any atom is 0.100 e. The summed E-state index contributed by atoms with van der Waals surface area (Å²) in [4.78, 5) is 0. The molecular weight excluding hydrogens is 164 g/mol. The summed E-state index contributed by atoms with van der Waals surface area (Å²) in [6.07, 6.45) is 3.29. The van der Waals surface area contributed by atoms with Gasteiger partial charge in [0.25, 0.3) is 0 Å². The third-order valence-corrected chi connectivity index (χ3v) is 2.42. The molecule has 0 amide bonds. The van der Waals surface area contributed by atoms with E-state index < -0.39 is 0 Å². The van der Waals surface area contributed by atoms with Crippen molar-refractivity contribution < 1.29 is 4.74 Å². The third-order valence-electron chi connectivity index (χ3n) is 2.42. The molecule has 0 aromatic rings. The topological polar surface area (TPSA) is 45.0 Å². The van der Waals surface area contributed by atoms with Crippen LogP contribution < -0.4 is 5.32 Å². The van der Waals surface area contributed by atoms with E-state index in [1.54, 1.807) is 0 Å². The van der Waals surface area contributed by atoms with Gasteiger partial charge < -0.3 is 10.1 Å². The second-order valence-corrected chi connectivity index (χ2v) is 3.54. The summed E-state index contributed by atoms with van der Waals surface area (Å²) in [6.45, 7) is 4.64. The molecule has 1 fully saturated rings. The molecule has 0 radical (unpaired) electrons. The van der Waals surface area contributed by atoms with Crippen LogP contribution in [0, 0.1) is 17.2 Å². The lowest BCUT2D eigenvalue weighted by Gasteiger charge is -2.26. The zero-order valence-corrected chi connectivity index (χ0v) is 8.25. The van der Waals surface area contributed by atoms with Crippen molar-refractivity contribution in [3.8, 4) is 6.07 Å². The smallest absolute Gasteiger partial charge is 0.100 e. The number of nitrogens with zero attached hydrogens (tertiary/aromatic N) is 1. The molecule has 0 spiro atoms. The summed E-state index contributed by atoms with van der Waals surface area (Å²) in [5, 5.41) is 12.2. The standard InChI is InChI=1S/C10H18N2O/c1-2-5-12-10(7-11)9-4-3-6-13-8-9/h9-10,12H,2-6,8H2,1H3. The van der Waals surface area contributed by atoms with E-state index in [9.17, 15) is 0 Å². The molecule has 2 unspecified atom stereocenters. The molecule has 0 saturated carbocycles. The SMILES string of the molecule is CCCNC(C#N)C1CCCOC1. The Hall–Kier alpha value is -0.590. The number of hydrogen-bond acceptors (Lipinski definition) is 3. The average molecular weight is 182 g/mol. The Balaban J connectivity index is 2.31. The van der Waals surface area contributed by atoms with Crippen LogP contribution in [-0.2, 0) is 4.74 Å². The van der Waals surface area contributed by atoms with E-state index in [1.807, 2.05) is 0 Å². The van der Waals surface area contributed by atoms with Gasteiger partial charge in [0.1, 0.15) is 6.04 Å². The molecule has 13 heavy (non-hydrogen) atoms. The summed E-state index contributed by atoms with van der Waals surface area (Å²) >= 11 is 0. The van der Waals surface area contributed by atoms with E-state index >= 15 is 0 Å². The molecule has 3 nitrogen and oxygen atoms in total. The normalized spacial score (nSPS) is 25.1. The zero-order valence-electron chi connectivity index (χ0n) is 8.25. The summed E-state index contributed by atoms with van der Waals surface area (Å²) in [6, 6.07) is 2.30. The van der Waals surface area contributed by atoms with Crippen molar-refractivity contribution in [1.82, 2.24) is 5.32 Å². The summed E-state index contributed by atoms with van der Waals surface area (Å²) < 4.78 is 5.35. The molecule has 1 heterocycles. The summed E-state index contributed by atoms with van der Waals surface area (Å²) in [5.41, 5.74) is 0. The highest BCUT2D eigenvalue weighted by molar-refractivity contribution is 4.95. The van der Waals surface area contributed by atoms with Gasteiger partial charge in [-0.1, -0.05) is 6.92 Å². The highest BCUT2D eigenvalue weighted by atomic mass is 16.5. The van der Waals surface area contributed by atoms with Crippen LogP contribution >= 0.6 is 0 Å². The number of ether oxygens (including phenoxy) is 1. The fourth-order valence-corrected chi connectivity index (χ4v) is 1.65. The molecule has 0 aromatic heterocycles. The number of hydrogen-bond donors (Lipinski definition) is 1. The van der Waals surface area contributed by atoms with Crippen LogP contribution in [0.4, 0.5) is 0 Å². The maximum atomic E-state index is 8.94. The van der Waals surface area contributed by atoms with Crippen molar-refractivity contribution in [2.75, 3.05) is 19.8 Å². The van der Waals surface area contributed by atoms with E-state index in [0.29, 0.717) is 5.92 Å². The molecule has 0 aliphatic carbocycles. The predicted molar refractivity (Wildman–Crippen MR) is 51.2 cm³/mol. The second kappa shape index (κ2) is 5.95. The Bertz CT molecular complexity index is 170. The number of rotatable bonds is 4. The Labute approximate surface area is 80.1 Å². The molecule has 1 N–H and O–H groups in total. The van der Waals surface area contributed by atoms with Gasteiger partial charge in [-0.2, -0.15) is 5.26 Å². The number of nitrogens with one attached hydrogen (secondary N) is 1. The molecule has 1 rings (SSSR count). The second-order valence-electron chi connectivity index (χ2n) is 3.54. The lowest BCUT2D eigenvalue weighted by atomic mass is 9.94. The Morgan fingerprint density at radius 2 is 2.54 bits per heavy atom. The monoisotopic (exact) mass is 182 g/mol. The van der Waals surface area contributed by atoms with Gasteiger partial charge >= 0.3 is 0 Å². The zero-order chi connectivity index (χ0) is 9.52. The Morgan fingerprint density at radius 3 is 3.08 bits per heavy atom. The molecule has 0 bridgehead atoms. The first-order valence-corrected chi connectivity index (χ1v) is 5.09. The van der Waals surface area contributed by atoms with E-state index in [0.717, 1.165) is 39.0 Å². The highest BCUT2D eigenvalue weighted by Gasteiger charge is 2.22. The van der Waals surface area contributed by atoms with Gasteiger partial charge in [-0.3, -0.25) is 0 Å². The maximum absolute atomic E-state index is 8.94. The van der Waals surface area contributed by atoms with Crippen molar-refractivity contribution in [1.29, 1.82) is 5.26 Å². The highest BCUT2D eigenvalue weighted by Crippen LogP contribution is 2.16. The molecule has 2 atom stereocenters. The molecule has 1 aliphatic heterocycles. The first kappa shape index (κ1) is 10.5. The third kappa shape index (κ3) is 3.33. The minimum atomic E-state index is -0.0137. The fraction of sp³-hybridized carbons (Fsp3) is 0.900. The van der Waals surface area contributed by atoms with Crippen molar-refractivity contribution in [3.05, 3.63) is 0 Å². The minimum Gasteiger partial charge on any atom is -0.381 e. The van der Waals surface area contributed by atoms with Gasteiger partial charge in [0, 0.05) is 12.5 Å². The summed E-state index contributed by atoms with van der Waals surface area (Å²) in [7, 11) is 0. The van der Waals surface area contributed by atoms with Gasteiger partial charge in [0.2, 0.25) is 0 Å². The van der Waals surface area contributed by atoms with E-state index in [-0.39, 0.29) is 6.04 Å². The van der Waals surface area contributed by atoms with Crippen LogP contribution in [0.1, 0.15) is 26.2 Å². The minimum absolute atomic E-state index is 0.0137. The Morgan fingerprint density at radius 1 is 1.69 bits per heavy atom. The largest absolute Gasteiger partial charge is 0.381 e. The van der Waals surface area contributed by atoms with Gasteiger partial charge in [-0.25, -0.2) is 0 Å². The van der Waals surface area contributed by atoms with Crippen LogP contribution in [0.25, 0.3) is 0 Å². The molecule has 0 aromatic carbocycles. The average Bonchev–Trinajstić information content (AvgIpc) is 2.21. The van der Waals surface area contributed by atoms with Gasteiger partial charge in [0.05, 0.1) is 12.7 Å². The molecular formula is C10H18N2O. The van der Waals surface area contributed by atoms with Crippen LogP contribution in [0.3, 0.4) is 0 Å². The Kier molecular flexibility index (Phi) is 4.81. The number of nitriles is 1. The van der Waals surface area contributed by atoms with Gasteiger partial charge in [-0.15, -0.1) is 0 Å². The van der Waals surface area contributed by atoms with Crippen molar-refractivity contribution in [2.24, 2.45) is 5.92 Å². The van der Waals surface area contributed by atoms with E-state index in [4.69, 9.17) is 10.00 Å². The lowest BCUT2D eigenvalue weighted by Crippen LogP contribution is -2.39.